The van der Waals surface area contributed by atoms with Crippen molar-refractivity contribution in [2.24, 2.45) is 5.73 Å². The minimum absolute atomic E-state index is 0.107. The maximum atomic E-state index is 12.3. The molecule has 1 atom stereocenters. The topological polar surface area (TPSA) is 96.7 Å². The molecule has 7 nitrogen and oxygen atoms in total. The van der Waals surface area contributed by atoms with Gasteiger partial charge in [0.2, 0.25) is 5.91 Å². The third-order valence-corrected chi connectivity index (χ3v) is 4.50. The number of benzene rings is 1. The molecule has 1 unspecified atom stereocenters. The lowest BCUT2D eigenvalue weighted by atomic mass is 10.0. The number of rotatable bonds is 6. The van der Waals surface area contributed by atoms with Crippen molar-refractivity contribution in [2.75, 3.05) is 26.7 Å². The normalized spacial score (nSPS) is 16.9. The number of nitrogens with zero attached hydrogens (tertiary/aromatic N) is 1. The van der Waals surface area contributed by atoms with Gasteiger partial charge in [-0.15, -0.1) is 0 Å². The first-order chi connectivity index (χ1) is 11.9. The van der Waals surface area contributed by atoms with Gasteiger partial charge in [-0.3, -0.25) is 9.69 Å². The molecule has 0 saturated carbocycles. The van der Waals surface area contributed by atoms with Crippen LogP contribution in [0.4, 0.5) is 4.79 Å². The highest BCUT2D eigenvalue weighted by atomic mass is 16.5. The van der Waals surface area contributed by atoms with Crippen molar-refractivity contribution in [2.45, 2.75) is 38.8 Å². The number of urea groups is 1. The van der Waals surface area contributed by atoms with Crippen LogP contribution in [0.1, 0.15) is 36.9 Å². The molecule has 7 heteroatoms. The molecule has 3 amide bonds. The van der Waals surface area contributed by atoms with Gasteiger partial charge in [0.05, 0.1) is 19.7 Å². The smallest absolute Gasteiger partial charge is 0.315 e. The van der Waals surface area contributed by atoms with E-state index in [0.29, 0.717) is 0 Å². The molecule has 1 saturated heterocycles. The maximum Gasteiger partial charge on any atom is 0.315 e. The summed E-state index contributed by atoms with van der Waals surface area (Å²) in [5.74, 6) is 0.447. The molecule has 25 heavy (non-hydrogen) atoms. The first kappa shape index (κ1) is 19.1. The first-order valence-electron chi connectivity index (χ1n) is 8.61. The van der Waals surface area contributed by atoms with E-state index in [1.807, 2.05) is 36.9 Å². The second kappa shape index (κ2) is 8.71. The van der Waals surface area contributed by atoms with Crippen LogP contribution in [0.5, 0.6) is 5.75 Å². The maximum absolute atomic E-state index is 12.3. The molecular formula is C18H28N4O3. The van der Waals surface area contributed by atoms with Crippen molar-refractivity contribution >= 4 is 11.9 Å². The van der Waals surface area contributed by atoms with Gasteiger partial charge in [-0.1, -0.05) is 17.7 Å². The van der Waals surface area contributed by atoms with Crippen LogP contribution in [0, 0.1) is 6.92 Å². The number of hydrogen-bond acceptors (Lipinski definition) is 4. The van der Waals surface area contributed by atoms with Gasteiger partial charge in [0.15, 0.2) is 0 Å². The molecule has 0 bridgehead atoms. The highest BCUT2D eigenvalue weighted by molar-refractivity contribution is 5.76. The van der Waals surface area contributed by atoms with Crippen molar-refractivity contribution in [3.05, 3.63) is 29.3 Å². The van der Waals surface area contributed by atoms with Crippen LogP contribution in [-0.2, 0) is 4.79 Å². The molecule has 2 rings (SSSR count). The lowest BCUT2D eigenvalue weighted by Crippen LogP contribution is -2.49. The van der Waals surface area contributed by atoms with Crippen molar-refractivity contribution in [3.8, 4) is 5.75 Å². The Morgan fingerprint density at radius 3 is 2.64 bits per heavy atom. The predicted octanol–water partition coefficient (Wildman–Crippen LogP) is 1.31. The Morgan fingerprint density at radius 2 is 2.04 bits per heavy atom. The van der Waals surface area contributed by atoms with Crippen molar-refractivity contribution in [3.63, 3.8) is 0 Å². The zero-order valence-corrected chi connectivity index (χ0v) is 15.2. The molecule has 138 valence electrons. The number of aryl methyl sites for hydroxylation is 1. The number of carbonyl (C=O) groups excluding carboxylic acids is 2. The zero-order valence-electron chi connectivity index (χ0n) is 15.2. The summed E-state index contributed by atoms with van der Waals surface area (Å²) in [6.07, 6.45) is 1.62. The van der Waals surface area contributed by atoms with Gasteiger partial charge in [-0.25, -0.2) is 4.79 Å². The molecule has 0 aromatic heterocycles. The predicted molar refractivity (Wildman–Crippen MR) is 96.5 cm³/mol. The van der Waals surface area contributed by atoms with Gasteiger partial charge in [-0.05, 0) is 32.8 Å². The number of nitrogens with one attached hydrogen (secondary N) is 2. The van der Waals surface area contributed by atoms with Crippen molar-refractivity contribution in [1.29, 1.82) is 0 Å². The minimum Gasteiger partial charge on any atom is -0.496 e. The Bertz CT molecular complexity index is 612. The van der Waals surface area contributed by atoms with Gasteiger partial charge >= 0.3 is 6.03 Å². The summed E-state index contributed by atoms with van der Waals surface area (Å²) in [7, 11) is 1.63. The van der Waals surface area contributed by atoms with E-state index in [1.165, 1.54) is 0 Å². The Balaban J connectivity index is 1.84. The number of carbonyl (C=O) groups is 2. The Morgan fingerprint density at radius 1 is 1.36 bits per heavy atom. The SMILES string of the molecule is COc1ccc(C)cc1C(C)NC(=O)NC1CCN(CC(N)=O)CC1. The molecule has 1 aromatic carbocycles. The molecule has 1 aromatic rings. The fourth-order valence-corrected chi connectivity index (χ4v) is 3.15. The van der Waals surface area contributed by atoms with E-state index in [0.717, 1.165) is 42.8 Å². The monoisotopic (exact) mass is 348 g/mol. The summed E-state index contributed by atoms with van der Waals surface area (Å²) in [5.41, 5.74) is 7.28. The zero-order chi connectivity index (χ0) is 18.4. The molecular weight excluding hydrogens is 320 g/mol. The Kier molecular flexibility index (Phi) is 6.64. The molecule has 0 radical (unpaired) electrons. The summed E-state index contributed by atoms with van der Waals surface area (Å²) in [5, 5.41) is 5.98. The summed E-state index contributed by atoms with van der Waals surface area (Å²) >= 11 is 0. The third kappa shape index (κ3) is 5.63. The Hall–Kier alpha value is -2.28. The van der Waals surface area contributed by atoms with E-state index in [4.69, 9.17) is 10.5 Å². The quantitative estimate of drug-likeness (QED) is 0.722. The van der Waals surface area contributed by atoms with E-state index >= 15 is 0 Å². The third-order valence-electron chi connectivity index (χ3n) is 4.50. The fourth-order valence-electron chi connectivity index (χ4n) is 3.15. The molecule has 4 N–H and O–H groups in total. The summed E-state index contributed by atoms with van der Waals surface area (Å²) in [6.45, 7) is 5.75. The van der Waals surface area contributed by atoms with Crippen molar-refractivity contribution < 1.29 is 14.3 Å². The van der Waals surface area contributed by atoms with Gasteiger partial charge in [0.1, 0.15) is 5.75 Å². The highest BCUT2D eigenvalue weighted by Crippen LogP contribution is 2.26. The van der Waals surface area contributed by atoms with E-state index in [1.54, 1.807) is 7.11 Å². The molecule has 0 aliphatic carbocycles. The van der Waals surface area contributed by atoms with E-state index in [2.05, 4.69) is 10.6 Å². The number of ether oxygens (including phenoxy) is 1. The second-order valence-electron chi connectivity index (χ2n) is 6.60. The number of nitrogens with two attached hydrogens (primary N) is 1. The number of hydrogen-bond donors (Lipinski definition) is 3. The lowest BCUT2D eigenvalue weighted by molar-refractivity contribution is -0.119. The lowest BCUT2D eigenvalue weighted by Gasteiger charge is -2.31. The molecule has 0 spiro atoms. The summed E-state index contributed by atoms with van der Waals surface area (Å²) in [6, 6.07) is 5.67. The van der Waals surface area contributed by atoms with Crippen LogP contribution in [0.15, 0.2) is 18.2 Å². The second-order valence-corrected chi connectivity index (χ2v) is 6.60. The van der Waals surface area contributed by atoms with Gasteiger partial charge < -0.3 is 21.1 Å². The van der Waals surface area contributed by atoms with Gasteiger partial charge in [-0.2, -0.15) is 0 Å². The van der Waals surface area contributed by atoms with E-state index in [9.17, 15) is 9.59 Å². The molecule has 1 heterocycles. The first-order valence-corrected chi connectivity index (χ1v) is 8.61. The number of likely N-dealkylation sites (tertiary alicyclic amines) is 1. The number of amides is 3. The standard InChI is InChI=1S/C18H28N4O3/c1-12-4-5-16(25-3)15(10-12)13(2)20-18(24)21-14-6-8-22(9-7-14)11-17(19)23/h4-5,10,13-14H,6-9,11H2,1-3H3,(H2,19,23)(H2,20,21,24). The van der Waals surface area contributed by atoms with Crippen molar-refractivity contribution in [1.82, 2.24) is 15.5 Å². The van der Waals surface area contributed by atoms with E-state index in [-0.39, 0.29) is 30.6 Å². The molecule has 1 fully saturated rings. The Labute approximate surface area is 148 Å². The number of primary amides is 1. The average Bonchev–Trinajstić information content (AvgIpc) is 2.56. The van der Waals surface area contributed by atoms with Crippen LogP contribution in [0.25, 0.3) is 0 Å². The summed E-state index contributed by atoms with van der Waals surface area (Å²) < 4.78 is 5.38. The molecule has 1 aliphatic heterocycles. The number of methoxy groups -OCH3 is 1. The molecule has 1 aliphatic rings. The van der Waals surface area contributed by atoms with Gasteiger partial charge in [0, 0.05) is 24.7 Å². The van der Waals surface area contributed by atoms with Crippen LogP contribution in [0.3, 0.4) is 0 Å². The largest absolute Gasteiger partial charge is 0.496 e. The van der Waals surface area contributed by atoms with Crippen LogP contribution < -0.4 is 21.1 Å². The van der Waals surface area contributed by atoms with E-state index < -0.39 is 0 Å². The fraction of sp³-hybridized carbons (Fsp3) is 0.556. The van der Waals surface area contributed by atoms with Crippen LogP contribution >= 0.6 is 0 Å². The van der Waals surface area contributed by atoms with Crippen LogP contribution in [-0.4, -0.2) is 49.6 Å². The van der Waals surface area contributed by atoms with Crippen LogP contribution in [0.2, 0.25) is 0 Å². The van der Waals surface area contributed by atoms with Gasteiger partial charge in [0.25, 0.3) is 0 Å². The minimum atomic E-state index is -0.315. The number of piperidine rings is 1. The highest BCUT2D eigenvalue weighted by Gasteiger charge is 2.22. The summed E-state index contributed by atoms with van der Waals surface area (Å²) in [4.78, 5) is 25.3. The average molecular weight is 348 g/mol.